The van der Waals surface area contributed by atoms with Crippen molar-refractivity contribution in [1.82, 2.24) is 0 Å². The zero-order chi connectivity index (χ0) is 25.8. The number of aliphatic hydroxyl groups is 1. The largest absolute Gasteiger partial charge is 0.490 e. The molecule has 1 aromatic carbocycles. The van der Waals surface area contributed by atoms with Crippen LogP contribution in [0.3, 0.4) is 0 Å². The van der Waals surface area contributed by atoms with Crippen LogP contribution in [-0.4, -0.2) is 35.7 Å². The third-order valence-corrected chi connectivity index (χ3v) is 6.37. The van der Waals surface area contributed by atoms with Gasteiger partial charge in [0.2, 0.25) is 0 Å². The molecule has 0 saturated heterocycles. The molecular weight excluding hydrogens is 440 g/mol. The second kappa shape index (κ2) is 19.1. The van der Waals surface area contributed by atoms with E-state index < -0.39 is 11.6 Å². The third-order valence-electron chi connectivity index (χ3n) is 6.37. The van der Waals surface area contributed by atoms with Crippen LogP contribution in [0.2, 0.25) is 0 Å². The van der Waals surface area contributed by atoms with Crippen LogP contribution in [0.4, 0.5) is 0 Å². The van der Waals surface area contributed by atoms with Crippen LogP contribution in [0.25, 0.3) is 0 Å². The molecule has 0 radical (unpaired) electrons. The Bertz CT molecular complexity index is 712. The maximum absolute atomic E-state index is 12.9. The Morgan fingerprint density at radius 3 is 1.97 bits per heavy atom. The Balaban J connectivity index is 2.35. The van der Waals surface area contributed by atoms with Gasteiger partial charge < -0.3 is 14.6 Å². The van der Waals surface area contributed by atoms with Gasteiger partial charge in [-0.3, -0.25) is 4.79 Å². The standard InChI is InChI=1S/C30H48O5/c1-4-7-8-9-10-11-12-13-14-15-16-17-28(31)30(33,22-5-2)25-26-18-20-27(21-19-26)34-23-24-35-29(32)6-3/h6,18-21,33H,3-5,7-17,22-25H2,1-2H3. The lowest BCUT2D eigenvalue weighted by Crippen LogP contribution is -2.40. The molecular formula is C30H48O5. The van der Waals surface area contributed by atoms with E-state index in [0.29, 0.717) is 25.0 Å². The van der Waals surface area contributed by atoms with Crippen LogP contribution in [0.5, 0.6) is 5.75 Å². The second-order valence-electron chi connectivity index (χ2n) is 9.53. The lowest BCUT2D eigenvalue weighted by atomic mass is 9.84. The Kier molecular flexibility index (Phi) is 16.9. The van der Waals surface area contributed by atoms with Crippen LogP contribution in [-0.2, 0) is 20.7 Å². The molecule has 0 spiro atoms. The third kappa shape index (κ3) is 14.1. The zero-order valence-corrected chi connectivity index (χ0v) is 22.2. The van der Waals surface area contributed by atoms with Crippen molar-refractivity contribution in [3.8, 4) is 5.75 Å². The molecule has 0 aromatic heterocycles. The summed E-state index contributed by atoms with van der Waals surface area (Å²) in [6, 6.07) is 7.37. The second-order valence-corrected chi connectivity index (χ2v) is 9.53. The van der Waals surface area contributed by atoms with Crippen LogP contribution >= 0.6 is 0 Å². The van der Waals surface area contributed by atoms with Gasteiger partial charge in [-0.1, -0.05) is 103 Å². The number of ketones is 1. The molecule has 5 nitrogen and oxygen atoms in total. The van der Waals surface area contributed by atoms with Crippen LogP contribution in [0.15, 0.2) is 36.9 Å². The lowest BCUT2D eigenvalue weighted by molar-refractivity contribution is -0.139. The minimum Gasteiger partial charge on any atom is -0.490 e. The van der Waals surface area contributed by atoms with E-state index in [0.717, 1.165) is 30.9 Å². The molecule has 1 atom stereocenters. The number of esters is 1. The average molecular weight is 489 g/mol. The zero-order valence-electron chi connectivity index (χ0n) is 22.2. The minimum atomic E-state index is -1.31. The number of carbonyl (C=O) groups is 2. The summed E-state index contributed by atoms with van der Waals surface area (Å²) in [5.41, 5.74) is -0.409. The van der Waals surface area contributed by atoms with Crippen LogP contribution in [0, 0.1) is 0 Å². The maximum Gasteiger partial charge on any atom is 0.330 e. The van der Waals surface area contributed by atoms with E-state index in [-0.39, 0.29) is 19.0 Å². The van der Waals surface area contributed by atoms with E-state index in [9.17, 15) is 14.7 Å². The van der Waals surface area contributed by atoms with Crippen molar-refractivity contribution in [2.24, 2.45) is 0 Å². The summed E-state index contributed by atoms with van der Waals surface area (Å²) in [6.45, 7) is 7.99. The number of carbonyl (C=O) groups excluding carboxylic acids is 2. The van der Waals surface area contributed by atoms with Crippen LogP contribution in [0.1, 0.15) is 109 Å². The SMILES string of the molecule is C=CC(=O)OCCOc1ccc(CC(O)(CCC)C(=O)CCCCCCCCCCCCC)cc1. The first-order valence-electron chi connectivity index (χ1n) is 13.7. The van der Waals surface area contributed by atoms with Gasteiger partial charge in [-0.2, -0.15) is 0 Å². The van der Waals surface area contributed by atoms with Crippen molar-refractivity contribution in [2.45, 2.75) is 116 Å². The first kappa shape index (κ1) is 30.9. The van der Waals surface area contributed by atoms with E-state index in [4.69, 9.17) is 9.47 Å². The molecule has 0 heterocycles. The summed E-state index contributed by atoms with van der Waals surface area (Å²) in [6.07, 6.45) is 16.8. The molecule has 1 rings (SSSR count). The number of benzene rings is 1. The molecule has 1 N–H and O–H groups in total. The lowest BCUT2D eigenvalue weighted by Gasteiger charge is -2.27. The Morgan fingerprint density at radius 1 is 0.857 bits per heavy atom. The smallest absolute Gasteiger partial charge is 0.330 e. The van der Waals surface area contributed by atoms with Gasteiger partial charge in [-0.15, -0.1) is 0 Å². The first-order chi connectivity index (χ1) is 16.9. The Hall–Kier alpha value is -2.14. The average Bonchev–Trinajstić information content (AvgIpc) is 2.86. The summed E-state index contributed by atoms with van der Waals surface area (Å²) in [4.78, 5) is 24.0. The van der Waals surface area contributed by atoms with Crippen LogP contribution < -0.4 is 4.74 Å². The van der Waals surface area contributed by atoms with Crippen molar-refractivity contribution >= 4 is 11.8 Å². The quantitative estimate of drug-likeness (QED) is 0.107. The summed E-state index contributed by atoms with van der Waals surface area (Å²) in [5, 5.41) is 11.2. The highest BCUT2D eigenvalue weighted by molar-refractivity contribution is 5.87. The Morgan fingerprint density at radius 2 is 1.43 bits per heavy atom. The first-order valence-corrected chi connectivity index (χ1v) is 13.7. The molecule has 0 saturated carbocycles. The van der Waals surface area contributed by atoms with E-state index in [1.807, 2.05) is 31.2 Å². The normalized spacial score (nSPS) is 12.7. The van der Waals surface area contributed by atoms with Gasteiger partial charge >= 0.3 is 5.97 Å². The van der Waals surface area contributed by atoms with Crippen molar-refractivity contribution in [3.05, 3.63) is 42.5 Å². The molecule has 0 aliphatic heterocycles. The molecule has 0 fully saturated rings. The molecule has 35 heavy (non-hydrogen) atoms. The van der Waals surface area contributed by atoms with Crippen molar-refractivity contribution in [2.75, 3.05) is 13.2 Å². The van der Waals surface area contributed by atoms with Gasteiger partial charge in [0.05, 0.1) is 0 Å². The number of ether oxygens (including phenoxy) is 2. The van der Waals surface area contributed by atoms with E-state index in [1.165, 1.54) is 57.8 Å². The summed E-state index contributed by atoms with van der Waals surface area (Å²) < 4.78 is 10.4. The van der Waals surface area contributed by atoms with Gasteiger partial charge in [0.1, 0.15) is 24.6 Å². The fraction of sp³-hybridized carbons (Fsp3) is 0.667. The number of rotatable bonds is 22. The molecule has 0 amide bonds. The van der Waals surface area contributed by atoms with E-state index in [1.54, 1.807) is 0 Å². The number of hydrogen-bond donors (Lipinski definition) is 1. The molecule has 5 heteroatoms. The van der Waals surface area contributed by atoms with Gasteiger partial charge in [0.15, 0.2) is 5.78 Å². The van der Waals surface area contributed by atoms with Gasteiger partial charge in [0, 0.05) is 18.9 Å². The topological polar surface area (TPSA) is 72.8 Å². The fourth-order valence-corrected chi connectivity index (χ4v) is 4.32. The molecule has 1 unspecified atom stereocenters. The molecule has 0 aliphatic rings. The maximum atomic E-state index is 12.9. The van der Waals surface area contributed by atoms with Gasteiger partial charge in [0.25, 0.3) is 0 Å². The van der Waals surface area contributed by atoms with E-state index in [2.05, 4.69) is 13.5 Å². The summed E-state index contributed by atoms with van der Waals surface area (Å²) in [7, 11) is 0. The number of Topliss-reactive ketones (excluding diaryl/α,β-unsaturated/α-hetero) is 1. The number of unbranched alkanes of at least 4 members (excludes halogenated alkanes) is 10. The minimum absolute atomic E-state index is 0.0420. The Labute approximate surface area is 213 Å². The predicted molar refractivity (Wildman–Crippen MR) is 143 cm³/mol. The summed E-state index contributed by atoms with van der Waals surface area (Å²) in [5.74, 6) is 0.131. The summed E-state index contributed by atoms with van der Waals surface area (Å²) >= 11 is 0. The monoisotopic (exact) mass is 488 g/mol. The van der Waals surface area contributed by atoms with Crippen molar-refractivity contribution in [3.63, 3.8) is 0 Å². The van der Waals surface area contributed by atoms with Crippen molar-refractivity contribution < 1.29 is 24.2 Å². The molecule has 0 aliphatic carbocycles. The van der Waals surface area contributed by atoms with Gasteiger partial charge in [-0.25, -0.2) is 4.79 Å². The fourth-order valence-electron chi connectivity index (χ4n) is 4.32. The molecule has 198 valence electrons. The van der Waals surface area contributed by atoms with Crippen molar-refractivity contribution in [1.29, 1.82) is 0 Å². The highest BCUT2D eigenvalue weighted by Crippen LogP contribution is 2.25. The van der Waals surface area contributed by atoms with E-state index >= 15 is 0 Å². The highest BCUT2D eigenvalue weighted by atomic mass is 16.6. The predicted octanol–water partition coefficient (Wildman–Crippen LogP) is 7.14. The van der Waals surface area contributed by atoms with Gasteiger partial charge in [-0.05, 0) is 30.5 Å². The number of hydrogen-bond acceptors (Lipinski definition) is 5. The molecule has 1 aromatic rings. The highest BCUT2D eigenvalue weighted by Gasteiger charge is 2.34. The molecule has 0 bridgehead atoms.